The van der Waals surface area contributed by atoms with Crippen LogP contribution < -0.4 is 0 Å². The SMILES string of the molecule is c1ccc(-c2nc(-c3ccc(-c4cc5c6ccccc6sc5c5nc6cc7cc8ccccc8cc7cc6n45)cc3)nc(-c3cccc4ccccc34)n2)cc1. The second-order valence-electron chi connectivity index (χ2n) is 14.3. The van der Waals surface area contributed by atoms with Gasteiger partial charge in [-0.25, -0.2) is 19.9 Å². The molecule has 0 aliphatic heterocycles. The van der Waals surface area contributed by atoms with E-state index >= 15 is 0 Å². The molecule has 0 unspecified atom stereocenters. The first-order valence-electron chi connectivity index (χ1n) is 18.7. The van der Waals surface area contributed by atoms with Gasteiger partial charge >= 0.3 is 0 Å². The minimum atomic E-state index is 0.629. The quantitative estimate of drug-likeness (QED) is 0.169. The van der Waals surface area contributed by atoms with E-state index in [1.807, 2.05) is 41.7 Å². The van der Waals surface area contributed by atoms with E-state index in [1.54, 1.807) is 0 Å². The minimum absolute atomic E-state index is 0.629. The Labute approximate surface area is 324 Å². The molecule has 12 aromatic rings. The molecule has 0 atom stereocenters. The van der Waals surface area contributed by atoms with Crippen molar-refractivity contribution in [2.45, 2.75) is 0 Å². The standard InChI is InChI=1S/C50H29N5S/c1-2-12-32(13-3-1)47-52-48(54-49(53-47)40-19-10-16-30-11-6-7-17-38(30)40)33-23-21-31(22-24-33)43-29-41-39-18-8-9-20-45(39)56-46(41)50-51-42-27-36-25-34-14-4-5-15-35(34)26-37(36)28-44(42)55(43)50/h1-29H. The van der Waals surface area contributed by atoms with Crippen molar-refractivity contribution in [2.75, 3.05) is 0 Å². The lowest BCUT2D eigenvalue weighted by Crippen LogP contribution is -2.00. The zero-order valence-electron chi connectivity index (χ0n) is 29.9. The van der Waals surface area contributed by atoms with Crippen molar-refractivity contribution >= 4 is 80.5 Å². The van der Waals surface area contributed by atoms with Crippen LogP contribution in [0.1, 0.15) is 0 Å². The van der Waals surface area contributed by atoms with E-state index in [2.05, 4.69) is 150 Å². The molecule has 0 amide bonds. The number of thiophene rings is 1. The predicted molar refractivity (Wildman–Crippen MR) is 233 cm³/mol. The summed E-state index contributed by atoms with van der Waals surface area (Å²) in [5, 5.41) is 9.56. The maximum Gasteiger partial charge on any atom is 0.164 e. The summed E-state index contributed by atoms with van der Waals surface area (Å²) in [6.07, 6.45) is 0. The Hall–Kier alpha value is -7.28. The smallest absolute Gasteiger partial charge is 0.164 e. The molecule has 8 aromatic carbocycles. The molecule has 0 spiro atoms. The van der Waals surface area contributed by atoms with E-state index in [0.717, 1.165) is 55.4 Å². The summed E-state index contributed by atoms with van der Waals surface area (Å²) < 4.78 is 4.80. The van der Waals surface area contributed by atoms with E-state index in [-0.39, 0.29) is 0 Å². The zero-order chi connectivity index (χ0) is 36.7. The Morgan fingerprint density at radius 3 is 1.79 bits per heavy atom. The third-order valence-electron chi connectivity index (χ3n) is 11.0. The Morgan fingerprint density at radius 2 is 1.00 bits per heavy atom. The highest BCUT2D eigenvalue weighted by molar-refractivity contribution is 7.26. The van der Waals surface area contributed by atoms with Gasteiger partial charge in [-0.1, -0.05) is 140 Å². The van der Waals surface area contributed by atoms with Crippen LogP contribution in [0.2, 0.25) is 0 Å². The lowest BCUT2D eigenvalue weighted by Gasteiger charge is -2.12. The summed E-state index contributed by atoms with van der Waals surface area (Å²) in [6, 6.07) is 62.1. The number of rotatable bonds is 4. The van der Waals surface area contributed by atoms with Gasteiger partial charge in [-0.2, -0.15) is 0 Å². The maximum atomic E-state index is 5.37. The number of aromatic nitrogens is 5. The second-order valence-corrected chi connectivity index (χ2v) is 15.4. The number of pyridine rings is 1. The molecule has 0 saturated heterocycles. The van der Waals surface area contributed by atoms with Crippen LogP contribution >= 0.6 is 11.3 Å². The molecule has 5 nitrogen and oxygen atoms in total. The van der Waals surface area contributed by atoms with Gasteiger partial charge in [0, 0.05) is 32.2 Å². The molecule has 4 aromatic heterocycles. The first-order chi connectivity index (χ1) is 27.7. The van der Waals surface area contributed by atoms with Gasteiger partial charge in [0.25, 0.3) is 0 Å². The van der Waals surface area contributed by atoms with Crippen LogP contribution in [-0.4, -0.2) is 24.3 Å². The highest BCUT2D eigenvalue weighted by Gasteiger charge is 2.19. The van der Waals surface area contributed by atoms with E-state index in [4.69, 9.17) is 19.9 Å². The summed E-state index contributed by atoms with van der Waals surface area (Å²) in [7, 11) is 0. The third-order valence-corrected chi connectivity index (χ3v) is 12.2. The van der Waals surface area contributed by atoms with Gasteiger partial charge in [-0.05, 0) is 74.3 Å². The Balaban J connectivity index is 1.07. The first kappa shape index (κ1) is 31.1. The maximum absolute atomic E-state index is 5.37. The van der Waals surface area contributed by atoms with Crippen LogP contribution in [0.3, 0.4) is 0 Å². The molecule has 0 fully saturated rings. The number of nitrogens with zero attached hydrogens (tertiary/aromatic N) is 5. The number of imidazole rings is 1. The summed E-state index contributed by atoms with van der Waals surface area (Å²) in [5.41, 5.74) is 8.06. The normalized spacial score (nSPS) is 11.9. The molecular formula is C50H29N5S. The van der Waals surface area contributed by atoms with Crippen molar-refractivity contribution in [3.8, 4) is 45.4 Å². The van der Waals surface area contributed by atoms with Crippen LogP contribution in [0, 0.1) is 0 Å². The lowest BCUT2D eigenvalue weighted by molar-refractivity contribution is 1.08. The summed E-state index contributed by atoms with van der Waals surface area (Å²) in [4.78, 5) is 20.6. The van der Waals surface area contributed by atoms with Crippen molar-refractivity contribution in [1.82, 2.24) is 24.3 Å². The van der Waals surface area contributed by atoms with E-state index in [0.29, 0.717) is 17.5 Å². The average molecular weight is 732 g/mol. The number of hydrogen-bond acceptors (Lipinski definition) is 5. The van der Waals surface area contributed by atoms with Crippen molar-refractivity contribution < 1.29 is 0 Å². The van der Waals surface area contributed by atoms with Crippen molar-refractivity contribution in [3.63, 3.8) is 0 Å². The topological polar surface area (TPSA) is 56.0 Å². The first-order valence-corrected chi connectivity index (χ1v) is 19.5. The third kappa shape index (κ3) is 4.86. The monoisotopic (exact) mass is 731 g/mol. The predicted octanol–water partition coefficient (Wildman–Crippen LogP) is 13.2. The van der Waals surface area contributed by atoms with Gasteiger partial charge in [-0.15, -0.1) is 11.3 Å². The lowest BCUT2D eigenvalue weighted by atomic mass is 10.0. The largest absolute Gasteiger partial charge is 0.291 e. The van der Waals surface area contributed by atoms with Crippen molar-refractivity contribution in [2.24, 2.45) is 0 Å². The van der Waals surface area contributed by atoms with E-state index in [1.165, 1.54) is 41.7 Å². The van der Waals surface area contributed by atoms with E-state index < -0.39 is 0 Å². The molecule has 260 valence electrons. The number of benzene rings is 8. The molecule has 12 rings (SSSR count). The fraction of sp³-hybridized carbons (Fsp3) is 0. The fourth-order valence-corrected chi connectivity index (χ4v) is 9.41. The molecular weight excluding hydrogens is 703 g/mol. The summed E-state index contributed by atoms with van der Waals surface area (Å²) >= 11 is 1.81. The molecule has 56 heavy (non-hydrogen) atoms. The summed E-state index contributed by atoms with van der Waals surface area (Å²) in [6.45, 7) is 0. The summed E-state index contributed by atoms with van der Waals surface area (Å²) in [5.74, 6) is 1.92. The molecule has 0 aliphatic rings. The van der Waals surface area contributed by atoms with Crippen LogP contribution in [0.25, 0.3) is 115 Å². The molecule has 4 heterocycles. The molecule has 0 aliphatic carbocycles. The zero-order valence-corrected chi connectivity index (χ0v) is 30.7. The van der Waals surface area contributed by atoms with Crippen LogP contribution in [0.15, 0.2) is 176 Å². The number of fused-ring (bicyclic) bond motifs is 10. The Bertz CT molecular complexity index is 3530. The molecule has 0 bridgehead atoms. The molecule has 0 saturated carbocycles. The molecule has 0 N–H and O–H groups in total. The van der Waals surface area contributed by atoms with Gasteiger partial charge in [0.1, 0.15) is 0 Å². The molecule has 6 heteroatoms. The van der Waals surface area contributed by atoms with Crippen molar-refractivity contribution in [3.05, 3.63) is 176 Å². The van der Waals surface area contributed by atoms with E-state index in [9.17, 15) is 0 Å². The van der Waals surface area contributed by atoms with Crippen molar-refractivity contribution in [1.29, 1.82) is 0 Å². The fourth-order valence-electron chi connectivity index (χ4n) is 8.25. The van der Waals surface area contributed by atoms with Crippen LogP contribution in [0.5, 0.6) is 0 Å². The number of hydrogen-bond donors (Lipinski definition) is 0. The second kappa shape index (κ2) is 12.1. The Kier molecular flexibility index (Phi) is 6.73. The highest BCUT2D eigenvalue weighted by atomic mass is 32.1. The Morgan fingerprint density at radius 1 is 0.393 bits per heavy atom. The highest BCUT2D eigenvalue weighted by Crippen LogP contribution is 2.41. The molecule has 0 radical (unpaired) electrons. The van der Waals surface area contributed by atoms with Crippen LogP contribution in [-0.2, 0) is 0 Å². The van der Waals surface area contributed by atoms with Gasteiger partial charge in [0.05, 0.1) is 21.4 Å². The van der Waals surface area contributed by atoms with Crippen LogP contribution in [0.4, 0.5) is 0 Å². The average Bonchev–Trinajstić information content (AvgIpc) is 3.83. The minimum Gasteiger partial charge on any atom is -0.291 e. The van der Waals surface area contributed by atoms with Gasteiger partial charge in [-0.3, -0.25) is 4.40 Å². The van der Waals surface area contributed by atoms with Gasteiger partial charge < -0.3 is 0 Å². The van der Waals surface area contributed by atoms with Gasteiger partial charge in [0.2, 0.25) is 0 Å². The van der Waals surface area contributed by atoms with Gasteiger partial charge in [0.15, 0.2) is 23.1 Å².